The second kappa shape index (κ2) is 12.9. The largest absolute Gasteiger partial charge is 0.394 e. The molecule has 2 atom stereocenters. The molecule has 4 aromatic rings. The van der Waals surface area contributed by atoms with Crippen molar-refractivity contribution in [2.24, 2.45) is 5.92 Å². The normalized spacial score (nSPS) is 17.4. The van der Waals surface area contributed by atoms with E-state index in [1.165, 1.54) is 78.2 Å². The highest BCUT2D eigenvalue weighted by molar-refractivity contribution is 5.89. The van der Waals surface area contributed by atoms with E-state index < -0.39 is 6.04 Å². The second-order valence-corrected chi connectivity index (χ2v) is 12.8. The van der Waals surface area contributed by atoms with E-state index in [1.807, 2.05) is 30.3 Å². The Balaban J connectivity index is 1.30. The summed E-state index contributed by atoms with van der Waals surface area (Å²) < 4.78 is 2.57. The van der Waals surface area contributed by atoms with E-state index in [9.17, 15) is 9.90 Å². The number of aryl methyl sites for hydroxylation is 3. The molecule has 3 aromatic carbocycles. The van der Waals surface area contributed by atoms with Gasteiger partial charge in [-0.2, -0.15) is 0 Å². The van der Waals surface area contributed by atoms with Gasteiger partial charge in [-0.25, -0.2) is 0 Å². The fraction of sp³-hybridized carbons (Fsp3) is 0.447. The lowest BCUT2D eigenvalue weighted by Gasteiger charge is -2.28. The summed E-state index contributed by atoms with van der Waals surface area (Å²) in [5, 5.41) is 14.9. The molecular weight excluding hydrogens is 516 g/mol. The average Bonchev–Trinajstić information content (AvgIpc) is 3.13. The van der Waals surface area contributed by atoms with Crippen molar-refractivity contribution in [2.45, 2.75) is 96.6 Å². The van der Waals surface area contributed by atoms with Gasteiger partial charge >= 0.3 is 0 Å². The van der Waals surface area contributed by atoms with Crippen LogP contribution >= 0.6 is 0 Å². The minimum atomic E-state index is -0.397. The summed E-state index contributed by atoms with van der Waals surface area (Å²) in [6.07, 6.45) is 11.9. The van der Waals surface area contributed by atoms with Gasteiger partial charge in [0.05, 0.1) is 18.6 Å². The number of carbonyl (C=O) groups excluding carboxylic acids is 1. The highest BCUT2D eigenvalue weighted by atomic mass is 16.3. The first kappa shape index (κ1) is 28.7. The Morgan fingerprint density at radius 3 is 2.31 bits per heavy atom. The smallest absolute Gasteiger partial charge is 0.228 e. The number of amides is 1. The minimum Gasteiger partial charge on any atom is -0.394 e. The van der Waals surface area contributed by atoms with Crippen LogP contribution in [0.3, 0.4) is 0 Å². The lowest BCUT2D eigenvalue weighted by molar-refractivity contribution is -0.125. The lowest BCUT2D eigenvalue weighted by Crippen LogP contribution is -2.37. The molecule has 42 heavy (non-hydrogen) atoms. The number of hydrogen-bond donors (Lipinski definition) is 2. The molecule has 6 rings (SSSR count). The summed E-state index contributed by atoms with van der Waals surface area (Å²) in [6, 6.07) is 23.0. The maximum atomic E-state index is 14.0. The van der Waals surface area contributed by atoms with Crippen molar-refractivity contribution in [3.63, 3.8) is 0 Å². The van der Waals surface area contributed by atoms with Crippen LogP contribution in [0.4, 0.5) is 0 Å². The van der Waals surface area contributed by atoms with Gasteiger partial charge in [-0.1, -0.05) is 86.3 Å². The van der Waals surface area contributed by atoms with Crippen molar-refractivity contribution < 1.29 is 9.90 Å². The maximum Gasteiger partial charge on any atom is 0.228 e. The van der Waals surface area contributed by atoms with Crippen LogP contribution in [0.2, 0.25) is 0 Å². The van der Waals surface area contributed by atoms with Gasteiger partial charge in [0, 0.05) is 23.1 Å². The Kier molecular flexibility index (Phi) is 8.81. The Labute approximate surface area is 251 Å². The molecule has 1 aromatic heterocycles. The van der Waals surface area contributed by atoms with E-state index in [1.54, 1.807) is 5.56 Å². The van der Waals surface area contributed by atoms with Crippen molar-refractivity contribution in [3.8, 4) is 0 Å². The Bertz CT molecular complexity index is 1510. The molecular formula is C38H46N2O2. The number of nitrogens with one attached hydrogen (secondary N) is 1. The molecule has 1 saturated carbocycles. The molecule has 0 aliphatic heterocycles. The molecule has 0 saturated heterocycles. The summed E-state index contributed by atoms with van der Waals surface area (Å²) in [6.45, 7) is 5.21. The molecule has 0 bridgehead atoms. The summed E-state index contributed by atoms with van der Waals surface area (Å²) in [5.74, 6) is 0.147. The van der Waals surface area contributed by atoms with Crippen LogP contribution in [0, 0.1) is 19.8 Å². The first-order valence-electron chi connectivity index (χ1n) is 16.2. The number of carbonyl (C=O) groups is 1. The topological polar surface area (TPSA) is 54.3 Å². The lowest BCUT2D eigenvalue weighted by atomic mass is 9.80. The van der Waals surface area contributed by atoms with Crippen LogP contribution < -0.4 is 5.32 Å². The zero-order valence-electron chi connectivity index (χ0n) is 25.4. The van der Waals surface area contributed by atoms with Gasteiger partial charge in [-0.3, -0.25) is 4.79 Å². The van der Waals surface area contributed by atoms with Crippen molar-refractivity contribution in [2.75, 3.05) is 6.61 Å². The van der Waals surface area contributed by atoms with Gasteiger partial charge in [0.15, 0.2) is 0 Å². The summed E-state index contributed by atoms with van der Waals surface area (Å²) in [7, 11) is 0. The van der Waals surface area contributed by atoms with Gasteiger partial charge in [-0.05, 0) is 97.7 Å². The van der Waals surface area contributed by atoms with Crippen LogP contribution in [-0.2, 0) is 24.2 Å². The van der Waals surface area contributed by atoms with E-state index in [4.69, 9.17) is 0 Å². The summed E-state index contributed by atoms with van der Waals surface area (Å²) >= 11 is 0. The van der Waals surface area contributed by atoms with Crippen LogP contribution in [0.15, 0.2) is 66.7 Å². The number of aliphatic hydroxyl groups excluding tert-OH is 1. The number of nitrogens with zero attached hydrogens (tertiary/aromatic N) is 1. The third kappa shape index (κ3) is 5.92. The number of hydrogen-bond acceptors (Lipinski definition) is 2. The van der Waals surface area contributed by atoms with Gasteiger partial charge < -0.3 is 15.0 Å². The van der Waals surface area contributed by atoms with Crippen LogP contribution in [0.25, 0.3) is 10.9 Å². The van der Waals surface area contributed by atoms with E-state index >= 15 is 0 Å². The van der Waals surface area contributed by atoms with Crippen LogP contribution in [0.5, 0.6) is 0 Å². The quantitative estimate of drug-likeness (QED) is 0.213. The SMILES string of the molecule is Cc1cc(C)c2c3c(n(Cc4ccc(C(C(=O)NC(CO)c5ccccc5)C5CCCCCC5)cc4)c2c1)CCCC3. The monoisotopic (exact) mass is 562 g/mol. The van der Waals surface area contributed by atoms with Gasteiger partial charge in [0.25, 0.3) is 0 Å². The fourth-order valence-electron chi connectivity index (χ4n) is 7.81. The molecule has 1 amide bonds. The minimum absolute atomic E-state index is 0.0361. The Hall–Kier alpha value is -3.37. The summed E-state index contributed by atoms with van der Waals surface area (Å²) in [4.78, 5) is 14.0. The number of benzene rings is 3. The fourth-order valence-corrected chi connectivity index (χ4v) is 7.81. The molecule has 4 nitrogen and oxygen atoms in total. The third-order valence-corrected chi connectivity index (χ3v) is 9.85. The number of rotatable bonds is 8. The first-order chi connectivity index (χ1) is 20.5. The first-order valence-corrected chi connectivity index (χ1v) is 16.2. The summed E-state index contributed by atoms with van der Waals surface area (Å²) in [5.41, 5.74) is 10.5. The van der Waals surface area contributed by atoms with Crippen LogP contribution in [-0.4, -0.2) is 22.2 Å². The van der Waals surface area contributed by atoms with Gasteiger partial charge in [-0.15, -0.1) is 0 Å². The second-order valence-electron chi connectivity index (χ2n) is 12.8. The highest BCUT2D eigenvalue weighted by Gasteiger charge is 2.32. The molecule has 1 fully saturated rings. The van der Waals surface area contributed by atoms with Crippen LogP contribution in [0.1, 0.15) is 102 Å². The predicted molar refractivity (Wildman–Crippen MR) is 172 cm³/mol. The molecule has 0 spiro atoms. The average molecular weight is 563 g/mol. The van der Waals surface area contributed by atoms with E-state index in [-0.39, 0.29) is 18.4 Å². The molecule has 2 aliphatic rings. The van der Waals surface area contributed by atoms with Crippen molar-refractivity contribution in [1.82, 2.24) is 9.88 Å². The highest BCUT2D eigenvalue weighted by Crippen LogP contribution is 2.38. The van der Waals surface area contributed by atoms with Crippen molar-refractivity contribution in [3.05, 3.63) is 106 Å². The number of aliphatic hydroxyl groups is 1. The van der Waals surface area contributed by atoms with Gasteiger partial charge in [0.1, 0.15) is 0 Å². The predicted octanol–water partition coefficient (Wildman–Crippen LogP) is 8.09. The number of aromatic nitrogens is 1. The van der Waals surface area contributed by atoms with Crippen molar-refractivity contribution in [1.29, 1.82) is 0 Å². The maximum absolute atomic E-state index is 14.0. The van der Waals surface area contributed by atoms with E-state index in [0.717, 1.165) is 36.9 Å². The van der Waals surface area contributed by atoms with E-state index in [2.05, 4.69) is 60.1 Å². The van der Waals surface area contributed by atoms with Gasteiger partial charge in [0.2, 0.25) is 5.91 Å². The molecule has 2 unspecified atom stereocenters. The third-order valence-electron chi connectivity index (χ3n) is 9.85. The number of fused-ring (bicyclic) bond motifs is 3. The Morgan fingerprint density at radius 1 is 0.881 bits per heavy atom. The van der Waals surface area contributed by atoms with Crippen molar-refractivity contribution >= 4 is 16.8 Å². The molecule has 220 valence electrons. The molecule has 4 heteroatoms. The molecule has 1 heterocycles. The zero-order valence-corrected chi connectivity index (χ0v) is 25.4. The standard InChI is InChI=1S/C38H46N2O2/c1-26-22-27(2)36-32-16-10-11-17-34(32)40(35(36)23-26)24-28-18-20-31(21-19-28)37(30-14-6-3-4-7-15-30)38(42)39-33(25-41)29-12-8-5-9-13-29/h5,8-9,12-13,18-23,30,33,37,41H,3-4,6-7,10-11,14-17,24-25H2,1-2H3,(H,39,42). The zero-order chi connectivity index (χ0) is 29.1. The molecule has 0 radical (unpaired) electrons. The molecule has 2 aliphatic carbocycles. The van der Waals surface area contributed by atoms with E-state index in [0.29, 0.717) is 5.92 Å². The molecule has 2 N–H and O–H groups in total. The Morgan fingerprint density at radius 2 is 1.60 bits per heavy atom.